The summed E-state index contributed by atoms with van der Waals surface area (Å²) < 4.78 is 0. The number of nitrogens with zero attached hydrogens (tertiary/aromatic N) is 2. The molecule has 0 bridgehead atoms. The summed E-state index contributed by atoms with van der Waals surface area (Å²) in [4.78, 5) is 10.7. The minimum absolute atomic E-state index is 0.1000. The second-order valence-corrected chi connectivity index (χ2v) is 18.1. The zero-order valence-electron chi connectivity index (χ0n) is 35.4. The molecule has 0 saturated heterocycles. The van der Waals surface area contributed by atoms with E-state index >= 15 is 0 Å². The number of benzene rings is 9. The molecule has 0 fully saturated rings. The predicted molar refractivity (Wildman–Crippen MR) is 259 cm³/mol. The lowest BCUT2D eigenvalue weighted by Crippen LogP contribution is -2.15. The number of fused-ring (bicyclic) bond motifs is 8. The molecule has 12 rings (SSSR count). The highest BCUT2D eigenvalue weighted by atomic mass is 14.9. The molecule has 0 aliphatic heterocycles. The van der Waals surface area contributed by atoms with Gasteiger partial charge >= 0.3 is 0 Å². The maximum atomic E-state index is 5.33. The minimum Gasteiger partial charge on any atom is -0.228 e. The van der Waals surface area contributed by atoms with Gasteiger partial charge in [0.05, 0.1) is 11.4 Å². The topological polar surface area (TPSA) is 25.8 Å². The molecule has 62 heavy (non-hydrogen) atoms. The van der Waals surface area contributed by atoms with Crippen LogP contribution >= 0.6 is 0 Å². The van der Waals surface area contributed by atoms with E-state index < -0.39 is 0 Å². The standard InChI is InChI=1S/C60H44N2/c1-59(2)51-26-13-12-24-48(51)57-49(25-15-27-52(57)59)56-36-55(61-58(62-56)37-16-6-5-7-17-37)47-31-30-43(44-22-10-11-23-45(44)47)42-21-14-20-38(32-42)41-28-29-46-50-33-39-18-8-9-19-40(39)34-54(50)60(3,4)53(46)35-41/h5-36H,1-4H3. The van der Waals surface area contributed by atoms with Crippen LogP contribution in [0.2, 0.25) is 0 Å². The summed E-state index contributed by atoms with van der Waals surface area (Å²) in [6, 6.07) is 71.1. The van der Waals surface area contributed by atoms with Gasteiger partial charge in [-0.25, -0.2) is 9.97 Å². The fourth-order valence-electron chi connectivity index (χ4n) is 10.6. The van der Waals surface area contributed by atoms with Gasteiger partial charge in [0.15, 0.2) is 5.82 Å². The molecule has 0 amide bonds. The number of hydrogen-bond donors (Lipinski definition) is 0. The Labute approximate surface area is 363 Å². The molecule has 1 heterocycles. The van der Waals surface area contributed by atoms with Crippen LogP contribution in [-0.2, 0) is 10.8 Å². The summed E-state index contributed by atoms with van der Waals surface area (Å²) in [5, 5.41) is 4.94. The summed E-state index contributed by atoms with van der Waals surface area (Å²) in [5.41, 5.74) is 20.4. The van der Waals surface area contributed by atoms with E-state index in [1.165, 1.54) is 82.9 Å². The molecule has 2 aliphatic carbocycles. The molecule has 9 aromatic carbocycles. The summed E-state index contributed by atoms with van der Waals surface area (Å²) >= 11 is 0. The van der Waals surface area contributed by atoms with Gasteiger partial charge in [0.25, 0.3) is 0 Å². The van der Waals surface area contributed by atoms with Crippen LogP contribution in [0.5, 0.6) is 0 Å². The van der Waals surface area contributed by atoms with Gasteiger partial charge in [-0.15, -0.1) is 0 Å². The quantitative estimate of drug-likeness (QED) is 0.173. The van der Waals surface area contributed by atoms with E-state index in [4.69, 9.17) is 9.97 Å². The first-order valence-electron chi connectivity index (χ1n) is 21.7. The van der Waals surface area contributed by atoms with Crippen LogP contribution in [0, 0.1) is 0 Å². The molecule has 0 N–H and O–H groups in total. The van der Waals surface area contributed by atoms with Crippen LogP contribution in [0.1, 0.15) is 49.9 Å². The molecule has 2 aliphatic rings. The smallest absolute Gasteiger partial charge is 0.160 e. The molecule has 0 saturated carbocycles. The van der Waals surface area contributed by atoms with Crippen molar-refractivity contribution in [3.05, 3.63) is 216 Å². The first-order valence-corrected chi connectivity index (χ1v) is 21.7. The van der Waals surface area contributed by atoms with Crippen molar-refractivity contribution in [3.63, 3.8) is 0 Å². The maximum absolute atomic E-state index is 5.33. The molecule has 2 heteroatoms. The van der Waals surface area contributed by atoms with E-state index in [1.54, 1.807) is 0 Å². The van der Waals surface area contributed by atoms with Gasteiger partial charge in [-0.1, -0.05) is 191 Å². The SMILES string of the molecule is CC1(C)c2cc(-c3cccc(-c4ccc(-c5cc(-c6cccc7c6-c6ccccc6C7(C)C)nc(-c6ccccc6)n5)c5ccccc45)c3)ccc2-c2cc3ccccc3cc21. The number of hydrogen-bond acceptors (Lipinski definition) is 2. The number of aromatic nitrogens is 2. The van der Waals surface area contributed by atoms with Gasteiger partial charge in [-0.3, -0.25) is 0 Å². The van der Waals surface area contributed by atoms with Gasteiger partial charge in [0, 0.05) is 27.5 Å². The Morgan fingerprint density at radius 3 is 1.68 bits per heavy atom. The van der Waals surface area contributed by atoms with E-state index in [9.17, 15) is 0 Å². The van der Waals surface area contributed by atoms with Crippen molar-refractivity contribution in [3.8, 4) is 78.4 Å². The normalized spacial score (nSPS) is 14.1. The van der Waals surface area contributed by atoms with E-state index in [0.717, 1.165) is 39.3 Å². The van der Waals surface area contributed by atoms with E-state index in [-0.39, 0.29) is 10.8 Å². The molecule has 10 aromatic rings. The lowest BCUT2D eigenvalue weighted by molar-refractivity contribution is 0.660. The minimum atomic E-state index is -0.109. The van der Waals surface area contributed by atoms with Crippen LogP contribution in [0.25, 0.3) is 100.0 Å². The van der Waals surface area contributed by atoms with Crippen molar-refractivity contribution in [2.75, 3.05) is 0 Å². The highest BCUT2D eigenvalue weighted by molar-refractivity contribution is 6.05. The van der Waals surface area contributed by atoms with Crippen LogP contribution in [0.4, 0.5) is 0 Å². The Hall–Kier alpha value is -7.42. The molecule has 0 spiro atoms. The Balaban J connectivity index is 0.976. The third-order valence-electron chi connectivity index (χ3n) is 13.9. The average Bonchev–Trinajstić information content (AvgIpc) is 3.69. The second-order valence-electron chi connectivity index (χ2n) is 18.1. The third-order valence-corrected chi connectivity index (χ3v) is 13.9. The molecule has 0 radical (unpaired) electrons. The lowest BCUT2D eigenvalue weighted by atomic mass is 9.81. The lowest BCUT2D eigenvalue weighted by Gasteiger charge is -2.22. The van der Waals surface area contributed by atoms with Gasteiger partial charge in [0.2, 0.25) is 0 Å². The first kappa shape index (κ1) is 36.4. The Kier molecular flexibility index (Phi) is 7.96. The average molecular weight is 793 g/mol. The molecular formula is C60H44N2. The summed E-state index contributed by atoms with van der Waals surface area (Å²) in [5.74, 6) is 0.719. The molecule has 2 nitrogen and oxygen atoms in total. The summed E-state index contributed by atoms with van der Waals surface area (Å²) in [6.07, 6.45) is 0. The Bertz CT molecular complexity index is 3460. The largest absolute Gasteiger partial charge is 0.228 e. The van der Waals surface area contributed by atoms with E-state index in [2.05, 4.69) is 216 Å². The molecule has 0 atom stereocenters. The Morgan fingerprint density at radius 2 is 0.855 bits per heavy atom. The fourth-order valence-corrected chi connectivity index (χ4v) is 10.6. The zero-order valence-corrected chi connectivity index (χ0v) is 35.4. The van der Waals surface area contributed by atoms with Crippen molar-refractivity contribution in [1.29, 1.82) is 0 Å². The van der Waals surface area contributed by atoms with Gasteiger partial charge in [0.1, 0.15) is 0 Å². The highest BCUT2D eigenvalue weighted by Crippen LogP contribution is 2.53. The van der Waals surface area contributed by atoms with Crippen molar-refractivity contribution >= 4 is 21.5 Å². The van der Waals surface area contributed by atoms with Gasteiger partial charge < -0.3 is 0 Å². The molecule has 1 aromatic heterocycles. The van der Waals surface area contributed by atoms with Gasteiger partial charge in [-0.05, 0) is 119 Å². The maximum Gasteiger partial charge on any atom is 0.160 e. The fraction of sp³-hybridized carbons (Fsp3) is 0.100. The van der Waals surface area contributed by atoms with Crippen molar-refractivity contribution < 1.29 is 0 Å². The van der Waals surface area contributed by atoms with Crippen LogP contribution < -0.4 is 0 Å². The van der Waals surface area contributed by atoms with Crippen LogP contribution in [0.15, 0.2) is 194 Å². The predicted octanol–water partition coefficient (Wildman–Crippen LogP) is 15.7. The summed E-state index contributed by atoms with van der Waals surface area (Å²) in [7, 11) is 0. The second kappa shape index (κ2) is 13.5. The third kappa shape index (κ3) is 5.49. The molecular weight excluding hydrogens is 749 g/mol. The Morgan fingerprint density at radius 1 is 0.306 bits per heavy atom. The number of rotatable bonds is 5. The molecule has 0 unspecified atom stereocenters. The van der Waals surface area contributed by atoms with Gasteiger partial charge in [-0.2, -0.15) is 0 Å². The monoisotopic (exact) mass is 792 g/mol. The van der Waals surface area contributed by atoms with Crippen molar-refractivity contribution in [1.82, 2.24) is 9.97 Å². The zero-order chi connectivity index (χ0) is 41.7. The van der Waals surface area contributed by atoms with E-state index in [0.29, 0.717) is 0 Å². The summed E-state index contributed by atoms with van der Waals surface area (Å²) in [6.45, 7) is 9.41. The van der Waals surface area contributed by atoms with Crippen molar-refractivity contribution in [2.45, 2.75) is 38.5 Å². The van der Waals surface area contributed by atoms with Crippen LogP contribution in [0.3, 0.4) is 0 Å². The van der Waals surface area contributed by atoms with Crippen LogP contribution in [-0.4, -0.2) is 9.97 Å². The van der Waals surface area contributed by atoms with E-state index in [1.807, 2.05) is 6.07 Å². The molecule has 294 valence electrons. The highest BCUT2D eigenvalue weighted by Gasteiger charge is 2.38. The first-order chi connectivity index (χ1) is 30.2. The van der Waals surface area contributed by atoms with Crippen molar-refractivity contribution in [2.24, 2.45) is 0 Å².